The molecule has 2 amide bonds. The largest absolute Gasteiger partial charge is 0.475 e. The number of amides is 2. The fourth-order valence-electron chi connectivity index (χ4n) is 1.94. The minimum atomic E-state index is -0.645. The van der Waals surface area contributed by atoms with E-state index in [1.165, 1.54) is 11.3 Å². The van der Waals surface area contributed by atoms with Gasteiger partial charge < -0.3 is 20.1 Å². The quantitative estimate of drug-likeness (QED) is 0.582. The summed E-state index contributed by atoms with van der Waals surface area (Å²) in [4.78, 5) is 28.9. The molecule has 2 aromatic heterocycles. The molecule has 9 heteroatoms. The molecule has 0 aliphatic rings. The van der Waals surface area contributed by atoms with E-state index >= 15 is 0 Å². The number of carbonyl (C=O) groups is 2. The number of nitrogens with one attached hydrogen (secondary N) is 2. The van der Waals surface area contributed by atoms with Crippen molar-refractivity contribution in [2.75, 3.05) is 20.3 Å². The highest BCUT2D eigenvalue weighted by Gasteiger charge is 2.17. The Balaban J connectivity index is 1.77. The third-order valence-corrected chi connectivity index (χ3v) is 4.96. The van der Waals surface area contributed by atoms with Crippen LogP contribution >= 0.6 is 27.3 Å². The van der Waals surface area contributed by atoms with Gasteiger partial charge in [0, 0.05) is 25.9 Å². The lowest BCUT2D eigenvalue weighted by Gasteiger charge is -2.13. The van der Waals surface area contributed by atoms with E-state index in [9.17, 15) is 9.59 Å². The molecule has 0 aliphatic carbocycles. The van der Waals surface area contributed by atoms with E-state index in [1.807, 2.05) is 6.07 Å². The summed E-state index contributed by atoms with van der Waals surface area (Å²) in [5.74, 6) is -0.0446. The number of hydrogen-bond acceptors (Lipinski definition) is 6. The zero-order chi connectivity index (χ0) is 18.9. The summed E-state index contributed by atoms with van der Waals surface area (Å²) in [6.07, 6.45) is 1.63. The number of halogens is 1. The summed E-state index contributed by atoms with van der Waals surface area (Å²) < 4.78 is 11.1. The van der Waals surface area contributed by atoms with Crippen LogP contribution in [0.1, 0.15) is 22.2 Å². The molecule has 0 spiro atoms. The van der Waals surface area contributed by atoms with Gasteiger partial charge in [-0.25, -0.2) is 4.98 Å². The summed E-state index contributed by atoms with van der Waals surface area (Å²) >= 11 is 4.62. The maximum atomic E-state index is 12.1. The lowest BCUT2D eigenvalue weighted by molar-refractivity contribution is -0.122. The lowest BCUT2D eigenvalue weighted by Crippen LogP contribution is -2.44. The Morgan fingerprint density at radius 1 is 1.27 bits per heavy atom. The van der Waals surface area contributed by atoms with Crippen LogP contribution in [0.15, 0.2) is 34.2 Å². The molecular formula is C17H20BrN3O4S. The first-order valence-electron chi connectivity index (χ1n) is 7.90. The fraction of sp³-hybridized carbons (Fsp3) is 0.353. The van der Waals surface area contributed by atoms with Crippen molar-refractivity contribution >= 4 is 39.1 Å². The minimum Gasteiger partial charge on any atom is -0.475 e. The molecule has 0 aliphatic heterocycles. The van der Waals surface area contributed by atoms with Crippen LogP contribution in [0.2, 0.25) is 0 Å². The third-order valence-electron chi connectivity index (χ3n) is 3.34. The first-order valence-corrected chi connectivity index (χ1v) is 9.51. The molecule has 2 heterocycles. The van der Waals surface area contributed by atoms with Gasteiger partial charge in [0.05, 0.1) is 15.3 Å². The van der Waals surface area contributed by atoms with Crippen LogP contribution in [0.5, 0.6) is 5.88 Å². The number of pyridine rings is 1. The van der Waals surface area contributed by atoms with Crippen molar-refractivity contribution < 1.29 is 19.1 Å². The van der Waals surface area contributed by atoms with Gasteiger partial charge in [0.15, 0.2) is 0 Å². The van der Waals surface area contributed by atoms with Crippen LogP contribution in [-0.4, -0.2) is 43.2 Å². The Bertz CT molecular complexity index is 736. The second-order valence-electron chi connectivity index (χ2n) is 5.36. The highest BCUT2D eigenvalue weighted by molar-refractivity contribution is 9.11. The molecule has 7 nitrogen and oxygen atoms in total. The molecule has 0 fully saturated rings. The Hall–Kier alpha value is -1.97. The van der Waals surface area contributed by atoms with E-state index in [-0.39, 0.29) is 11.8 Å². The average molecular weight is 442 g/mol. The van der Waals surface area contributed by atoms with Gasteiger partial charge in [-0.3, -0.25) is 9.59 Å². The number of aromatic nitrogens is 1. The van der Waals surface area contributed by atoms with Crippen molar-refractivity contribution in [2.24, 2.45) is 0 Å². The summed E-state index contributed by atoms with van der Waals surface area (Å²) in [6.45, 7) is 2.87. The zero-order valence-corrected chi connectivity index (χ0v) is 16.9. The van der Waals surface area contributed by atoms with Crippen LogP contribution in [0.25, 0.3) is 0 Å². The van der Waals surface area contributed by atoms with E-state index in [0.717, 1.165) is 9.35 Å². The number of thiophene rings is 1. The normalized spacial score (nSPS) is 11.7. The van der Waals surface area contributed by atoms with E-state index in [1.54, 1.807) is 38.4 Å². The highest BCUT2D eigenvalue weighted by atomic mass is 79.9. The molecule has 0 saturated heterocycles. The van der Waals surface area contributed by atoms with Crippen LogP contribution in [0.4, 0.5) is 0 Å². The Morgan fingerprint density at radius 3 is 2.69 bits per heavy atom. The number of methoxy groups -OCH3 is 1. The summed E-state index contributed by atoms with van der Waals surface area (Å²) in [7, 11) is 1.60. The molecule has 1 atom stereocenters. The van der Waals surface area contributed by atoms with E-state index in [0.29, 0.717) is 30.5 Å². The van der Waals surface area contributed by atoms with Crippen LogP contribution < -0.4 is 15.4 Å². The predicted octanol–water partition coefficient (Wildman–Crippen LogP) is 2.37. The highest BCUT2D eigenvalue weighted by Crippen LogP contribution is 2.21. The summed E-state index contributed by atoms with van der Waals surface area (Å²) in [5, 5.41) is 5.45. The summed E-state index contributed by atoms with van der Waals surface area (Å²) in [6, 6.07) is 6.41. The Labute approximate surface area is 164 Å². The molecule has 0 saturated carbocycles. The zero-order valence-electron chi connectivity index (χ0n) is 14.5. The van der Waals surface area contributed by atoms with Crippen molar-refractivity contribution in [3.8, 4) is 5.88 Å². The molecule has 1 unspecified atom stereocenters. The molecular weight excluding hydrogens is 422 g/mol. The van der Waals surface area contributed by atoms with Crippen LogP contribution in [0.3, 0.4) is 0 Å². The topological polar surface area (TPSA) is 89.5 Å². The van der Waals surface area contributed by atoms with Crippen LogP contribution in [0, 0.1) is 0 Å². The van der Waals surface area contributed by atoms with Gasteiger partial charge in [-0.15, -0.1) is 11.3 Å². The average Bonchev–Trinajstić information content (AvgIpc) is 3.07. The first-order chi connectivity index (χ1) is 12.5. The maximum absolute atomic E-state index is 12.1. The molecule has 2 rings (SSSR count). The van der Waals surface area contributed by atoms with Crippen molar-refractivity contribution in [3.05, 3.63) is 44.7 Å². The van der Waals surface area contributed by atoms with Crippen LogP contribution in [-0.2, 0) is 16.1 Å². The second-order valence-corrected chi connectivity index (χ2v) is 7.83. The van der Waals surface area contributed by atoms with Gasteiger partial charge in [-0.2, -0.15) is 0 Å². The van der Waals surface area contributed by atoms with Gasteiger partial charge in [-0.05, 0) is 40.5 Å². The number of ether oxygens (including phenoxy) is 2. The lowest BCUT2D eigenvalue weighted by atomic mass is 10.2. The summed E-state index contributed by atoms with van der Waals surface area (Å²) in [5.41, 5.74) is 0.832. The molecule has 0 radical (unpaired) electrons. The monoisotopic (exact) mass is 441 g/mol. The van der Waals surface area contributed by atoms with Crippen molar-refractivity contribution in [3.63, 3.8) is 0 Å². The van der Waals surface area contributed by atoms with Crippen molar-refractivity contribution in [1.82, 2.24) is 15.6 Å². The van der Waals surface area contributed by atoms with Gasteiger partial charge in [0.25, 0.3) is 5.91 Å². The number of hydrogen-bond donors (Lipinski definition) is 2. The SMILES string of the molecule is COCCOc1ccc(CNC(=O)C(C)NC(=O)c2ccc(Br)s2)cn1. The molecule has 2 aromatic rings. The van der Waals surface area contributed by atoms with Gasteiger partial charge in [-0.1, -0.05) is 6.07 Å². The van der Waals surface area contributed by atoms with Crippen molar-refractivity contribution in [1.29, 1.82) is 0 Å². The van der Waals surface area contributed by atoms with Gasteiger partial charge >= 0.3 is 0 Å². The smallest absolute Gasteiger partial charge is 0.262 e. The number of carbonyl (C=O) groups excluding carboxylic acids is 2. The number of rotatable bonds is 9. The molecule has 2 N–H and O–H groups in total. The molecule has 0 aromatic carbocycles. The molecule has 0 bridgehead atoms. The van der Waals surface area contributed by atoms with E-state index in [4.69, 9.17) is 9.47 Å². The molecule has 140 valence electrons. The van der Waals surface area contributed by atoms with Gasteiger partial charge in [0.2, 0.25) is 11.8 Å². The fourth-order valence-corrected chi connectivity index (χ4v) is 3.23. The first kappa shape index (κ1) is 20.3. The predicted molar refractivity (Wildman–Crippen MR) is 102 cm³/mol. The maximum Gasteiger partial charge on any atom is 0.262 e. The standard InChI is InChI=1S/C17H20BrN3O4S/c1-11(21-17(23)13-4-5-14(18)26-13)16(22)20-10-12-3-6-15(19-9-12)25-8-7-24-2/h3-6,9,11H,7-8,10H2,1-2H3,(H,20,22)(H,21,23). The molecule has 26 heavy (non-hydrogen) atoms. The van der Waals surface area contributed by atoms with E-state index in [2.05, 4.69) is 31.5 Å². The van der Waals surface area contributed by atoms with Crippen molar-refractivity contribution in [2.45, 2.75) is 19.5 Å². The number of nitrogens with zero attached hydrogens (tertiary/aromatic N) is 1. The Morgan fingerprint density at radius 2 is 2.08 bits per heavy atom. The van der Waals surface area contributed by atoms with Gasteiger partial charge in [0.1, 0.15) is 12.6 Å². The Kier molecular flexibility index (Phi) is 8.02. The second kappa shape index (κ2) is 10.2. The third kappa shape index (κ3) is 6.40. The minimum absolute atomic E-state index is 0.269. The van der Waals surface area contributed by atoms with E-state index < -0.39 is 6.04 Å².